The van der Waals surface area contributed by atoms with Crippen molar-refractivity contribution in [2.45, 2.75) is 6.42 Å². The molecule has 0 atom stereocenters. The summed E-state index contributed by atoms with van der Waals surface area (Å²) in [5.41, 5.74) is 10.2. The maximum atomic E-state index is 11.2. The first-order chi connectivity index (χ1) is 10.1. The second-order valence-electron chi connectivity index (χ2n) is 5.39. The third kappa shape index (κ3) is 2.52. The molecule has 3 rings (SSSR count). The largest absolute Gasteiger partial charge is 0.497 e. The number of ether oxygens (including phenoxy) is 1. The van der Waals surface area contributed by atoms with Crippen LogP contribution in [0.3, 0.4) is 0 Å². The topological polar surface area (TPSA) is 75.8 Å². The Hall–Kier alpha value is -2.27. The monoisotopic (exact) mass is 286 g/mol. The molecule has 0 aromatic heterocycles. The van der Waals surface area contributed by atoms with Gasteiger partial charge in [0.2, 0.25) is 0 Å². The number of benzene rings is 1. The first-order valence-corrected chi connectivity index (χ1v) is 6.90. The van der Waals surface area contributed by atoms with E-state index in [0.29, 0.717) is 24.2 Å². The highest BCUT2D eigenvalue weighted by atomic mass is 16.5. The molecule has 1 aliphatic heterocycles. The second-order valence-corrected chi connectivity index (χ2v) is 5.39. The Morgan fingerprint density at radius 1 is 1.48 bits per heavy atom. The van der Waals surface area contributed by atoms with Gasteiger partial charge in [-0.15, -0.1) is 0 Å². The van der Waals surface area contributed by atoms with Crippen LogP contribution in [0.15, 0.2) is 29.5 Å². The van der Waals surface area contributed by atoms with Gasteiger partial charge >= 0.3 is 5.97 Å². The van der Waals surface area contributed by atoms with Gasteiger partial charge in [0.15, 0.2) is 0 Å². The third-order valence-electron chi connectivity index (χ3n) is 4.05. The molecule has 21 heavy (non-hydrogen) atoms. The Morgan fingerprint density at radius 2 is 2.29 bits per heavy atom. The van der Waals surface area contributed by atoms with Gasteiger partial charge in [-0.1, -0.05) is 6.07 Å². The van der Waals surface area contributed by atoms with Crippen molar-refractivity contribution in [1.29, 1.82) is 0 Å². The molecule has 0 unspecified atom stereocenters. The zero-order valence-electron chi connectivity index (χ0n) is 11.9. The summed E-state index contributed by atoms with van der Waals surface area (Å²) in [6.07, 6.45) is 2.75. The number of fused-ring (bicyclic) bond motifs is 1. The van der Waals surface area contributed by atoms with Crippen molar-refractivity contribution < 1.29 is 14.6 Å². The van der Waals surface area contributed by atoms with E-state index in [9.17, 15) is 4.79 Å². The molecule has 2 aliphatic rings. The van der Waals surface area contributed by atoms with Crippen molar-refractivity contribution in [2.75, 3.05) is 26.7 Å². The molecule has 3 N–H and O–H groups in total. The number of hydrogen-bond acceptors (Lipinski definition) is 4. The lowest BCUT2D eigenvalue weighted by Gasteiger charge is -2.31. The van der Waals surface area contributed by atoms with Crippen LogP contribution < -0.4 is 10.5 Å². The number of carbonyl (C=O) groups is 1. The number of nitrogens with two attached hydrogens (primary N) is 1. The summed E-state index contributed by atoms with van der Waals surface area (Å²) in [5.74, 6) is -0.0739. The molecule has 1 aromatic rings. The quantitative estimate of drug-likeness (QED) is 0.878. The maximum absolute atomic E-state index is 11.2. The molecule has 0 saturated carbocycles. The Balaban J connectivity index is 1.70. The van der Waals surface area contributed by atoms with E-state index in [4.69, 9.17) is 15.6 Å². The first-order valence-electron chi connectivity index (χ1n) is 6.90. The Morgan fingerprint density at radius 3 is 3.00 bits per heavy atom. The average Bonchev–Trinajstić information content (AvgIpc) is 2.46. The normalized spacial score (nSPS) is 17.9. The van der Waals surface area contributed by atoms with Gasteiger partial charge in [0.05, 0.1) is 12.7 Å². The van der Waals surface area contributed by atoms with Crippen molar-refractivity contribution in [3.05, 3.63) is 40.6 Å². The second kappa shape index (κ2) is 5.26. The van der Waals surface area contributed by atoms with Gasteiger partial charge in [-0.3, -0.25) is 4.90 Å². The summed E-state index contributed by atoms with van der Waals surface area (Å²) in [6, 6.07) is 6.00. The Bertz CT molecular complexity index is 661. The smallest absolute Gasteiger partial charge is 0.334 e. The fourth-order valence-electron chi connectivity index (χ4n) is 2.80. The van der Waals surface area contributed by atoms with Gasteiger partial charge in [0.25, 0.3) is 0 Å². The minimum atomic E-state index is -0.915. The lowest BCUT2D eigenvalue weighted by molar-refractivity contribution is -0.133. The van der Waals surface area contributed by atoms with E-state index in [-0.39, 0.29) is 0 Å². The highest BCUT2D eigenvalue weighted by Gasteiger charge is 2.25. The summed E-state index contributed by atoms with van der Waals surface area (Å²) in [5, 5.41) is 9.16. The summed E-state index contributed by atoms with van der Waals surface area (Å²) < 4.78 is 5.24. The Labute approximate surface area is 123 Å². The van der Waals surface area contributed by atoms with E-state index in [1.165, 1.54) is 16.7 Å². The fourth-order valence-corrected chi connectivity index (χ4v) is 2.80. The summed E-state index contributed by atoms with van der Waals surface area (Å²) in [4.78, 5) is 13.3. The number of rotatable bonds is 4. The van der Waals surface area contributed by atoms with Crippen LogP contribution >= 0.6 is 0 Å². The molecule has 1 aromatic carbocycles. The molecular weight excluding hydrogens is 268 g/mol. The van der Waals surface area contributed by atoms with Crippen molar-refractivity contribution in [3.8, 4) is 5.75 Å². The molecule has 0 bridgehead atoms. The number of nitrogens with zero attached hydrogens (tertiary/aromatic N) is 1. The Kier molecular flexibility index (Phi) is 3.43. The number of hydrogen-bond donors (Lipinski definition) is 2. The molecule has 5 heteroatoms. The SMILES string of the molecule is COc1ccc2c(c1)C(CN1CCC(N)=C(C(=O)O)C1)=C2. The minimum Gasteiger partial charge on any atom is -0.497 e. The van der Waals surface area contributed by atoms with Gasteiger partial charge in [-0.05, 0) is 34.9 Å². The molecule has 5 nitrogen and oxygen atoms in total. The van der Waals surface area contributed by atoms with E-state index in [1.54, 1.807) is 7.11 Å². The summed E-state index contributed by atoms with van der Waals surface area (Å²) in [7, 11) is 1.65. The number of carboxylic acids is 1. The van der Waals surface area contributed by atoms with Crippen molar-refractivity contribution in [3.63, 3.8) is 0 Å². The minimum absolute atomic E-state index is 0.326. The van der Waals surface area contributed by atoms with Gasteiger partial charge in [-0.2, -0.15) is 0 Å². The zero-order valence-corrected chi connectivity index (χ0v) is 11.9. The van der Waals surface area contributed by atoms with Gasteiger partial charge in [0.1, 0.15) is 5.75 Å². The van der Waals surface area contributed by atoms with Crippen LogP contribution in [0, 0.1) is 0 Å². The van der Waals surface area contributed by atoms with Gasteiger partial charge in [0, 0.05) is 31.8 Å². The molecule has 0 saturated heterocycles. The van der Waals surface area contributed by atoms with Gasteiger partial charge < -0.3 is 15.6 Å². The molecule has 1 heterocycles. The zero-order chi connectivity index (χ0) is 15.0. The molecular formula is C16H18N2O3. The highest BCUT2D eigenvalue weighted by molar-refractivity contribution is 5.96. The number of methoxy groups -OCH3 is 1. The number of carboxylic acid groups (broad SMARTS) is 1. The third-order valence-corrected chi connectivity index (χ3v) is 4.05. The van der Waals surface area contributed by atoms with E-state index in [0.717, 1.165) is 18.8 Å². The molecule has 0 fully saturated rings. The van der Waals surface area contributed by atoms with Crippen LogP contribution in [0.5, 0.6) is 5.75 Å². The van der Waals surface area contributed by atoms with Crippen LogP contribution in [0.4, 0.5) is 0 Å². The van der Waals surface area contributed by atoms with Crippen LogP contribution in [0.25, 0.3) is 11.6 Å². The molecule has 0 amide bonds. The van der Waals surface area contributed by atoms with E-state index in [1.807, 2.05) is 18.2 Å². The molecule has 110 valence electrons. The number of aliphatic carboxylic acids is 1. The average molecular weight is 286 g/mol. The van der Waals surface area contributed by atoms with Crippen LogP contribution in [0.2, 0.25) is 0 Å². The highest BCUT2D eigenvalue weighted by Crippen LogP contribution is 2.36. The van der Waals surface area contributed by atoms with Gasteiger partial charge in [-0.25, -0.2) is 4.79 Å². The fraction of sp³-hybridized carbons (Fsp3) is 0.312. The van der Waals surface area contributed by atoms with E-state index in [2.05, 4.69) is 11.0 Å². The predicted molar refractivity (Wildman–Crippen MR) is 80.8 cm³/mol. The van der Waals surface area contributed by atoms with Crippen LogP contribution in [-0.4, -0.2) is 42.7 Å². The standard InChI is InChI=1S/C16H18N2O3/c1-21-12-3-2-10-6-11(13(10)7-12)8-18-5-4-15(17)14(9-18)16(19)20/h2-3,6-7H,4-5,8-9,17H2,1H3,(H,19,20). The van der Waals surface area contributed by atoms with Crippen molar-refractivity contribution >= 4 is 17.6 Å². The van der Waals surface area contributed by atoms with E-state index >= 15 is 0 Å². The lowest BCUT2D eigenvalue weighted by atomic mass is 9.87. The lowest BCUT2D eigenvalue weighted by Crippen LogP contribution is -2.37. The molecule has 0 radical (unpaired) electrons. The predicted octanol–water partition coefficient (Wildman–Crippen LogP) is 1.55. The summed E-state index contributed by atoms with van der Waals surface area (Å²) in [6.45, 7) is 1.93. The van der Waals surface area contributed by atoms with E-state index < -0.39 is 5.97 Å². The maximum Gasteiger partial charge on any atom is 0.334 e. The molecule has 0 spiro atoms. The van der Waals surface area contributed by atoms with Crippen LogP contribution in [-0.2, 0) is 4.79 Å². The van der Waals surface area contributed by atoms with Crippen molar-refractivity contribution in [1.82, 2.24) is 4.90 Å². The summed E-state index contributed by atoms with van der Waals surface area (Å²) >= 11 is 0. The first kappa shape index (κ1) is 13.7. The van der Waals surface area contributed by atoms with Crippen LogP contribution in [0.1, 0.15) is 17.5 Å². The molecule has 1 aliphatic carbocycles. The van der Waals surface area contributed by atoms with Crippen molar-refractivity contribution in [2.24, 2.45) is 5.73 Å².